The van der Waals surface area contributed by atoms with Gasteiger partial charge in [0.2, 0.25) is 11.4 Å². The topological polar surface area (TPSA) is 3.88 Å². The molecule has 4 rings (SSSR count). The summed E-state index contributed by atoms with van der Waals surface area (Å²) in [5.41, 5.74) is 7.22. The van der Waals surface area contributed by atoms with Gasteiger partial charge in [-0.3, -0.25) is 0 Å². The maximum atomic E-state index is 4.20. The Morgan fingerprint density at radius 3 is 2.20 bits per heavy atom. The lowest BCUT2D eigenvalue weighted by Gasteiger charge is -2.01. The normalized spacial score (nSPS) is 12.1. The third-order valence-electron chi connectivity index (χ3n) is 3.87. The van der Waals surface area contributed by atoms with Gasteiger partial charge in [0, 0.05) is 12.1 Å². The summed E-state index contributed by atoms with van der Waals surface area (Å²) in [7, 11) is 0. The fraction of sp³-hybridized carbons (Fsp3) is 0. The molecule has 20 heavy (non-hydrogen) atoms. The van der Waals surface area contributed by atoms with E-state index in [0.717, 1.165) is 5.70 Å². The Labute approximate surface area is 118 Å². The molecule has 1 aromatic heterocycles. The van der Waals surface area contributed by atoms with Crippen molar-refractivity contribution in [1.82, 2.24) is 0 Å². The fourth-order valence-electron chi connectivity index (χ4n) is 2.84. The molecule has 0 bridgehead atoms. The van der Waals surface area contributed by atoms with Crippen molar-refractivity contribution in [3.63, 3.8) is 0 Å². The van der Waals surface area contributed by atoms with E-state index in [1.54, 1.807) is 0 Å². The standard InChI is InChI=1S/C19H14N/c1-14-17-9-5-6-10-18(17)19-13-16(11-12-20(14)19)15-7-3-2-4-8-15/h2-13H,1H2/q+1. The van der Waals surface area contributed by atoms with E-state index in [1.165, 1.54) is 27.9 Å². The highest BCUT2D eigenvalue weighted by molar-refractivity contribution is 5.81. The van der Waals surface area contributed by atoms with Crippen LogP contribution in [0.15, 0.2) is 79.5 Å². The number of hydrogen-bond donors (Lipinski definition) is 0. The van der Waals surface area contributed by atoms with Gasteiger partial charge in [0.25, 0.3) is 0 Å². The fourth-order valence-corrected chi connectivity index (χ4v) is 2.84. The van der Waals surface area contributed by atoms with Gasteiger partial charge in [-0.15, -0.1) is 0 Å². The molecule has 1 nitrogen and oxygen atoms in total. The van der Waals surface area contributed by atoms with Crippen molar-refractivity contribution in [3.8, 4) is 22.4 Å². The van der Waals surface area contributed by atoms with Gasteiger partial charge in [-0.25, -0.2) is 0 Å². The molecule has 0 saturated heterocycles. The SMILES string of the molecule is C=C1c2ccccc2-c2cc(-c3ccccc3)cc[n+]21. The Kier molecular flexibility index (Phi) is 2.33. The molecule has 0 spiro atoms. The second-order valence-electron chi connectivity index (χ2n) is 5.03. The van der Waals surface area contributed by atoms with Gasteiger partial charge in [-0.2, -0.15) is 4.57 Å². The minimum Gasteiger partial charge on any atom is -0.160 e. The average Bonchev–Trinajstić information content (AvgIpc) is 2.81. The molecular weight excluding hydrogens is 242 g/mol. The van der Waals surface area contributed by atoms with Crippen LogP contribution in [0.3, 0.4) is 0 Å². The summed E-state index contributed by atoms with van der Waals surface area (Å²) in [4.78, 5) is 0. The van der Waals surface area contributed by atoms with Crippen LogP contribution < -0.4 is 4.57 Å². The lowest BCUT2D eigenvalue weighted by Crippen LogP contribution is -2.29. The maximum Gasteiger partial charge on any atom is 0.219 e. The van der Waals surface area contributed by atoms with Gasteiger partial charge >= 0.3 is 0 Å². The zero-order valence-corrected chi connectivity index (χ0v) is 11.1. The van der Waals surface area contributed by atoms with Crippen LogP contribution in [0.2, 0.25) is 0 Å². The van der Waals surface area contributed by atoms with Gasteiger partial charge in [0.05, 0.1) is 11.1 Å². The number of pyridine rings is 1. The van der Waals surface area contributed by atoms with Gasteiger partial charge in [-0.1, -0.05) is 42.5 Å². The van der Waals surface area contributed by atoms with E-state index in [2.05, 4.69) is 78.0 Å². The highest BCUT2D eigenvalue weighted by atomic mass is 15.0. The van der Waals surface area contributed by atoms with Crippen molar-refractivity contribution in [3.05, 3.63) is 85.1 Å². The molecule has 3 aromatic rings. The number of nitrogens with zero attached hydrogens (tertiary/aromatic N) is 1. The largest absolute Gasteiger partial charge is 0.219 e. The predicted octanol–water partition coefficient (Wildman–Crippen LogP) is 4.14. The number of rotatable bonds is 1. The quantitative estimate of drug-likeness (QED) is 0.451. The Morgan fingerprint density at radius 2 is 1.40 bits per heavy atom. The molecule has 94 valence electrons. The van der Waals surface area contributed by atoms with Gasteiger partial charge in [0.1, 0.15) is 0 Å². The summed E-state index contributed by atoms with van der Waals surface area (Å²) in [6, 6.07) is 23.3. The van der Waals surface area contributed by atoms with Gasteiger partial charge < -0.3 is 0 Å². The first-order chi connectivity index (χ1) is 9.84. The van der Waals surface area contributed by atoms with Gasteiger partial charge in [0.15, 0.2) is 6.20 Å². The average molecular weight is 256 g/mol. The van der Waals surface area contributed by atoms with Crippen molar-refractivity contribution >= 4 is 5.70 Å². The van der Waals surface area contributed by atoms with Crippen LogP contribution in [-0.2, 0) is 0 Å². The van der Waals surface area contributed by atoms with E-state index in [9.17, 15) is 0 Å². The third-order valence-corrected chi connectivity index (χ3v) is 3.87. The third kappa shape index (κ3) is 1.53. The highest BCUT2D eigenvalue weighted by Crippen LogP contribution is 2.33. The molecule has 2 heterocycles. The molecule has 0 fully saturated rings. The predicted molar refractivity (Wildman–Crippen MR) is 81.9 cm³/mol. The minimum absolute atomic E-state index is 1.05. The Morgan fingerprint density at radius 1 is 0.700 bits per heavy atom. The summed E-state index contributed by atoms with van der Waals surface area (Å²) in [6.07, 6.45) is 2.11. The van der Waals surface area contributed by atoms with Crippen molar-refractivity contribution in [1.29, 1.82) is 0 Å². The summed E-state index contributed by atoms with van der Waals surface area (Å²) in [5.74, 6) is 0. The van der Waals surface area contributed by atoms with Gasteiger partial charge in [-0.05, 0) is 29.8 Å². The summed E-state index contributed by atoms with van der Waals surface area (Å²) >= 11 is 0. The Bertz CT molecular complexity index is 816. The Hall–Kier alpha value is -2.67. The lowest BCUT2D eigenvalue weighted by atomic mass is 10.0. The number of hydrogen-bond acceptors (Lipinski definition) is 0. The zero-order valence-electron chi connectivity index (χ0n) is 11.1. The molecule has 0 aliphatic carbocycles. The Balaban J connectivity index is 1.94. The van der Waals surface area contributed by atoms with Crippen LogP contribution in [0.25, 0.3) is 28.1 Å². The molecule has 0 radical (unpaired) electrons. The first kappa shape index (κ1) is 11.2. The molecule has 0 N–H and O–H groups in total. The molecule has 1 heteroatoms. The second kappa shape index (κ2) is 4.17. The number of aromatic nitrogens is 1. The van der Waals surface area contributed by atoms with Crippen LogP contribution in [-0.4, -0.2) is 0 Å². The summed E-state index contributed by atoms with van der Waals surface area (Å²) in [5, 5.41) is 0. The van der Waals surface area contributed by atoms with Crippen molar-refractivity contribution in [2.75, 3.05) is 0 Å². The molecule has 0 saturated carbocycles. The van der Waals surface area contributed by atoms with Crippen LogP contribution >= 0.6 is 0 Å². The van der Waals surface area contributed by atoms with Crippen molar-refractivity contribution < 1.29 is 4.57 Å². The molecule has 2 aromatic carbocycles. The molecule has 0 unspecified atom stereocenters. The van der Waals surface area contributed by atoms with Crippen molar-refractivity contribution in [2.45, 2.75) is 0 Å². The van der Waals surface area contributed by atoms with Crippen LogP contribution in [0.5, 0.6) is 0 Å². The van der Waals surface area contributed by atoms with E-state index in [4.69, 9.17) is 0 Å². The molecular formula is C19H14N+. The van der Waals surface area contributed by atoms with Crippen LogP contribution in [0.1, 0.15) is 5.56 Å². The van der Waals surface area contributed by atoms with E-state index >= 15 is 0 Å². The summed E-state index contributed by atoms with van der Waals surface area (Å²) < 4.78 is 2.16. The first-order valence-electron chi connectivity index (χ1n) is 6.75. The van der Waals surface area contributed by atoms with E-state index < -0.39 is 0 Å². The summed E-state index contributed by atoms with van der Waals surface area (Å²) in [6.45, 7) is 4.20. The molecule has 1 aliphatic heterocycles. The lowest BCUT2D eigenvalue weighted by molar-refractivity contribution is -0.562. The molecule has 1 aliphatic rings. The maximum absolute atomic E-state index is 4.20. The molecule has 0 amide bonds. The number of benzene rings is 2. The van der Waals surface area contributed by atoms with Crippen LogP contribution in [0.4, 0.5) is 0 Å². The van der Waals surface area contributed by atoms with E-state index in [-0.39, 0.29) is 0 Å². The van der Waals surface area contributed by atoms with E-state index in [0.29, 0.717) is 0 Å². The number of fused-ring (bicyclic) bond motifs is 3. The smallest absolute Gasteiger partial charge is 0.160 e. The second-order valence-corrected chi connectivity index (χ2v) is 5.03. The highest BCUT2D eigenvalue weighted by Gasteiger charge is 2.30. The van der Waals surface area contributed by atoms with Crippen molar-refractivity contribution in [2.24, 2.45) is 0 Å². The minimum atomic E-state index is 1.05. The molecule has 0 atom stereocenters. The van der Waals surface area contributed by atoms with Crippen LogP contribution in [0, 0.1) is 0 Å². The zero-order chi connectivity index (χ0) is 13.5. The van der Waals surface area contributed by atoms with E-state index in [1.807, 2.05) is 6.07 Å². The first-order valence-corrected chi connectivity index (χ1v) is 6.75. The monoisotopic (exact) mass is 256 g/mol.